The van der Waals surface area contributed by atoms with Gasteiger partial charge in [0.05, 0.1) is 0 Å². The van der Waals surface area contributed by atoms with E-state index in [4.69, 9.17) is 0 Å². The Morgan fingerprint density at radius 3 is 2.27 bits per heavy atom. The van der Waals surface area contributed by atoms with Crippen LogP contribution in [0.3, 0.4) is 0 Å². The fraction of sp³-hybridized carbons (Fsp3) is 0.500. The molecule has 1 nitrogen and oxygen atoms in total. The Morgan fingerprint density at radius 2 is 1.80 bits per heavy atom. The van der Waals surface area contributed by atoms with Gasteiger partial charge in [-0.2, -0.15) is 0 Å². The summed E-state index contributed by atoms with van der Waals surface area (Å²) in [4.78, 5) is 2.14. The Hall–Kier alpha value is -0.570. The van der Waals surface area contributed by atoms with Crippen LogP contribution < -0.4 is 4.90 Å². The highest BCUT2D eigenvalue weighted by atomic mass is 79.9. The predicted molar refractivity (Wildman–Crippen MR) is 67.2 cm³/mol. The first-order chi connectivity index (χ1) is 6.94. The summed E-state index contributed by atoms with van der Waals surface area (Å²) >= 11 is 3.50. The highest BCUT2D eigenvalue weighted by molar-refractivity contribution is 9.09. The molecule has 0 aromatic heterocycles. The number of alkyl halides is 1. The molecule has 0 spiro atoms. The molecule has 0 amide bonds. The minimum absolute atomic E-state index is 0.188. The van der Waals surface area contributed by atoms with Crippen LogP contribution in [-0.4, -0.2) is 18.9 Å². The molecule has 0 aliphatic rings. The van der Waals surface area contributed by atoms with Gasteiger partial charge in [-0.3, -0.25) is 0 Å². The van der Waals surface area contributed by atoms with Crippen LogP contribution in [0.25, 0.3) is 0 Å². The molecule has 0 saturated carbocycles. The molecule has 84 valence electrons. The van der Waals surface area contributed by atoms with Gasteiger partial charge in [-0.1, -0.05) is 29.8 Å². The fourth-order valence-corrected chi connectivity index (χ4v) is 1.65. The second-order valence-electron chi connectivity index (χ2n) is 4.63. The summed E-state index contributed by atoms with van der Waals surface area (Å²) in [6, 6.07) is 6.60. The lowest BCUT2D eigenvalue weighted by Crippen LogP contribution is -2.32. The first-order valence-electron chi connectivity index (χ1n) is 4.97. The highest BCUT2D eigenvalue weighted by Crippen LogP contribution is 2.22. The molecule has 0 aliphatic heterocycles. The maximum absolute atomic E-state index is 12.7. The zero-order valence-corrected chi connectivity index (χ0v) is 11.0. The molecule has 0 radical (unpaired) electrons. The first-order valence-corrected chi connectivity index (χ1v) is 6.09. The molecule has 1 rings (SSSR count). The Kier molecular flexibility index (Phi) is 4.14. The van der Waals surface area contributed by atoms with E-state index in [2.05, 4.69) is 34.7 Å². The van der Waals surface area contributed by atoms with Crippen molar-refractivity contribution in [3.05, 3.63) is 30.1 Å². The fourth-order valence-electron chi connectivity index (χ4n) is 1.47. The largest absolute Gasteiger partial charge is 0.374 e. The van der Waals surface area contributed by atoms with E-state index in [1.807, 2.05) is 7.05 Å². The number of rotatable bonds is 4. The minimum atomic E-state index is -0.188. The van der Waals surface area contributed by atoms with Gasteiger partial charge in [-0.05, 0) is 29.7 Å². The molecule has 1 aromatic carbocycles. The third-order valence-electron chi connectivity index (χ3n) is 2.29. The second-order valence-corrected chi connectivity index (χ2v) is 5.19. The Labute approximate surface area is 99.4 Å². The molecule has 3 heteroatoms. The SMILES string of the molecule is CN(CC(C)(C)CBr)c1ccc(F)cc1. The van der Waals surface area contributed by atoms with E-state index in [1.165, 1.54) is 12.1 Å². The van der Waals surface area contributed by atoms with Crippen LogP contribution in [0, 0.1) is 11.2 Å². The molecule has 0 fully saturated rings. The summed E-state index contributed by atoms with van der Waals surface area (Å²) in [6.45, 7) is 5.33. The number of hydrogen-bond donors (Lipinski definition) is 0. The van der Waals surface area contributed by atoms with E-state index >= 15 is 0 Å². The van der Waals surface area contributed by atoms with Gasteiger partial charge >= 0.3 is 0 Å². The number of nitrogens with zero attached hydrogens (tertiary/aromatic N) is 1. The number of halogens is 2. The molecule has 15 heavy (non-hydrogen) atoms. The third kappa shape index (κ3) is 3.82. The van der Waals surface area contributed by atoms with Crippen LogP contribution in [0.15, 0.2) is 24.3 Å². The van der Waals surface area contributed by atoms with E-state index in [1.54, 1.807) is 12.1 Å². The zero-order valence-electron chi connectivity index (χ0n) is 9.43. The van der Waals surface area contributed by atoms with Crippen molar-refractivity contribution in [3.8, 4) is 0 Å². The summed E-state index contributed by atoms with van der Waals surface area (Å²) in [5.41, 5.74) is 1.26. The Balaban J connectivity index is 2.69. The summed E-state index contributed by atoms with van der Waals surface area (Å²) in [7, 11) is 2.03. The van der Waals surface area contributed by atoms with Gasteiger partial charge in [0.25, 0.3) is 0 Å². The molecule has 0 N–H and O–H groups in total. The summed E-state index contributed by atoms with van der Waals surface area (Å²) in [6.07, 6.45) is 0. The lowest BCUT2D eigenvalue weighted by atomic mass is 9.96. The van der Waals surface area contributed by atoms with Crippen molar-refractivity contribution in [2.24, 2.45) is 5.41 Å². The van der Waals surface area contributed by atoms with Gasteiger partial charge in [-0.25, -0.2) is 4.39 Å². The summed E-state index contributed by atoms with van der Waals surface area (Å²) in [5.74, 6) is -0.188. The lowest BCUT2D eigenvalue weighted by molar-refractivity contribution is 0.432. The van der Waals surface area contributed by atoms with Crippen LogP contribution in [0.1, 0.15) is 13.8 Å². The average molecular weight is 274 g/mol. The van der Waals surface area contributed by atoms with Crippen molar-refractivity contribution in [1.29, 1.82) is 0 Å². The molecule has 0 atom stereocenters. The molecular weight excluding hydrogens is 257 g/mol. The average Bonchev–Trinajstić information content (AvgIpc) is 2.18. The molecule has 0 heterocycles. The van der Waals surface area contributed by atoms with E-state index in [0.717, 1.165) is 17.6 Å². The van der Waals surface area contributed by atoms with Crippen LogP contribution in [0.2, 0.25) is 0 Å². The monoisotopic (exact) mass is 273 g/mol. The van der Waals surface area contributed by atoms with Crippen molar-refractivity contribution in [2.45, 2.75) is 13.8 Å². The van der Waals surface area contributed by atoms with Crippen molar-refractivity contribution in [1.82, 2.24) is 0 Å². The minimum Gasteiger partial charge on any atom is -0.374 e. The van der Waals surface area contributed by atoms with E-state index < -0.39 is 0 Å². The summed E-state index contributed by atoms with van der Waals surface area (Å²) < 4.78 is 12.7. The molecular formula is C12H17BrFN. The smallest absolute Gasteiger partial charge is 0.123 e. The molecule has 0 saturated heterocycles. The third-order valence-corrected chi connectivity index (χ3v) is 3.81. The highest BCUT2D eigenvalue weighted by Gasteiger charge is 2.18. The van der Waals surface area contributed by atoms with Crippen molar-refractivity contribution < 1.29 is 4.39 Å². The zero-order chi connectivity index (χ0) is 11.5. The number of anilines is 1. The van der Waals surface area contributed by atoms with Gasteiger partial charge in [0, 0.05) is 24.6 Å². The standard InChI is InChI=1S/C12H17BrFN/c1-12(2,8-13)9-15(3)11-6-4-10(14)5-7-11/h4-7H,8-9H2,1-3H3. The number of hydrogen-bond acceptors (Lipinski definition) is 1. The summed E-state index contributed by atoms with van der Waals surface area (Å²) in [5, 5.41) is 0.950. The van der Waals surface area contributed by atoms with Crippen LogP contribution in [0.4, 0.5) is 10.1 Å². The van der Waals surface area contributed by atoms with Gasteiger partial charge < -0.3 is 4.90 Å². The topological polar surface area (TPSA) is 3.24 Å². The van der Waals surface area contributed by atoms with Crippen molar-refractivity contribution >= 4 is 21.6 Å². The van der Waals surface area contributed by atoms with Crippen molar-refractivity contribution in [3.63, 3.8) is 0 Å². The van der Waals surface area contributed by atoms with Crippen LogP contribution in [-0.2, 0) is 0 Å². The second kappa shape index (κ2) is 4.97. The van der Waals surface area contributed by atoms with Gasteiger partial charge in [0.2, 0.25) is 0 Å². The van der Waals surface area contributed by atoms with E-state index in [9.17, 15) is 4.39 Å². The normalized spacial score (nSPS) is 11.5. The van der Waals surface area contributed by atoms with Gasteiger partial charge in [0.15, 0.2) is 0 Å². The molecule has 0 bridgehead atoms. The predicted octanol–water partition coefficient (Wildman–Crippen LogP) is 3.68. The first kappa shape index (κ1) is 12.5. The molecule has 0 aliphatic carbocycles. The maximum Gasteiger partial charge on any atom is 0.123 e. The Bertz CT molecular complexity index is 308. The van der Waals surface area contributed by atoms with Gasteiger partial charge in [-0.15, -0.1) is 0 Å². The van der Waals surface area contributed by atoms with Crippen LogP contribution >= 0.6 is 15.9 Å². The Morgan fingerprint density at radius 1 is 1.27 bits per heavy atom. The van der Waals surface area contributed by atoms with Gasteiger partial charge in [0.1, 0.15) is 5.82 Å². The van der Waals surface area contributed by atoms with E-state index in [-0.39, 0.29) is 11.2 Å². The quantitative estimate of drug-likeness (QED) is 0.757. The number of benzene rings is 1. The van der Waals surface area contributed by atoms with Crippen LogP contribution in [0.5, 0.6) is 0 Å². The molecule has 1 aromatic rings. The van der Waals surface area contributed by atoms with Crippen molar-refractivity contribution in [2.75, 3.05) is 23.8 Å². The molecule has 0 unspecified atom stereocenters. The van der Waals surface area contributed by atoms with E-state index in [0.29, 0.717) is 0 Å². The lowest BCUT2D eigenvalue weighted by Gasteiger charge is -2.30. The maximum atomic E-state index is 12.7.